The second-order valence-electron chi connectivity index (χ2n) is 4.08. The number of hydrogen-bond donors (Lipinski definition) is 2. The Kier molecular flexibility index (Phi) is 6.54. The Morgan fingerprint density at radius 3 is 2.36 bits per heavy atom. The van der Waals surface area contributed by atoms with E-state index in [1.54, 1.807) is 0 Å². The maximum absolute atomic E-state index is 11.5. The summed E-state index contributed by atoms with van der Waals surface area (Å²) in [5.41, 5.74) is 5.71. The molecule has 2 unspecified atom stereocenters. The lowest BCUT2D eigenvalue weighted by Crippen LogP contribution is -2.46. The standard InChI is InChI=1S/C11H24N2O/c1-5-7-10(12)11(14)13-9(4)8(3)6-2/h8-10H,5-7,12H2,1-4H3,(H,13,14)/t8?,9?,10-/m1/s1. The highest BCUT2D eigenvalue weighted by molar-refractivity contribution is 5.81. The maximum Gasteiger partial charge on any atom is 0.237 e. The van der Waals surface area contributed by atoms with Crippen molar-refractivity contribution in [3.63, 3.8) is 0 Å². The van der Waals surface area contributed by atoms with E-state index in [1.165, 1.54) is 0 Å². The molecule has 0 aromatic heterocycles. The summed E-state index contributed by atoms with van der Waals surface area (Å²) in [6.07, 6.45) is 2.79. The Balaban J connectivity index is 3.92. The van der Waals surface area contributed by atoms with Gasteiger partial charge in [0.05, 0.1) is 6.04 Å². The zero-order chi connectivity index (χ0) is 11.1. The summed E-state index contributed by atoms with van der Waals surface area (Å²) in [5.74, 6) is 0.493. The Labute approximate surface area is 87.4 Å². The van der Waals surface area contributed by atoms with E-state index in [9.17, 15) is 4.79 Å². The first-order valence-electron chi connectivity index (χ1n) is 5.58. The highest BCUT2D eigenvalue weighted by Crippen LogP contribution is 2.06. The van der Waals surface area contributed by atoms with Crippen molar-refractivity contribution < 1.29 is 4.79 Å². The molecule has 1 amide bonds. The molecule has 0 aromatic rings. The quantitative estimate of drug-likeness (QED) is 0.685. The zero-order valence-electron chi connectivity index (χ0n) is 9.84. The van der Waals surface area contributed by atoms with Crippen LogP contribution in [0, 0.1) is 5.92 Å². The van der Waals surface area contributed by atoms with Gasteiger partial charge in [-0.05, 0) is 19.3 Å². The fourth-order valence-corrected chi connectivity index (χ4v) is 1.27. The fourth-order valence-electron chi connectivity index (χ4n) is 1.27. The molecule has 0 aromatic carbocycles. The van der Waals surface area contributed by atoms with Gasteiger partial charge in [-0.15, -0.1) is 0 Å². The molecule has 0 radical (unpaired) electrons. The van der Waals surface area contributed by atoms with Gasteiger partial charge in [-0.3, -0.25) is 4.79 Å². The van der Waals surface area contributed by atoms with E-state index in [2.05, 4.69) is 19.2 Å². The van der Waals surface area contributed by atoms with E-state index in [0.29, 0.717) is 5.92 Å². The zero-order valence-corrected chi connectivity index (χ0v) is 9.84. The van der Waals surface area contributed by atoms with Gasteiger partial charge in [-0.1, -0.05) is 33.6 Å². The van der Waals surface area contributed by atoms with Crippen LogP contribution < -0.4 is 11.1 Å². The lowest BCUT2D eigenvalue weighted by atomic mass is 10.0. The molecular weight excluding hydrogens is 176 g/mol. The first-order chi connectivity index (χ1) is 6.52. The largest absolute Gasteiger partial charge is 0.352 e. The molecule has 3 heteroatoms. The highest BCUT2D eigenvalue weighted by Gasteiger charge is 2.17. The molecular formula is C11H24N2O. The molecule has 0 heterocycles. The smallest absolute Gasteiger partial charge is 0.237 e. The van der Waals surface area contributed by atoms with Crippen molar-refractivity contribution in [1.82, 2.24) is 5.32 Å². The van der Waals surface area contributed by atoms with Crippen LogP contribution in [0.5, 0.6) is 0 Å². The predicted octanol–water partition coefficient (Wildman–Crippen LogP) is 1.66. The number of nitrogens with one attached hydrogen (secondary N) is 1. The Morgan fingerprint density at radius 1 is 1.36 bits per heavy atom. The summed E-state index contributed by atoms with van der Waals surface area (Å²) >= 11 is 0. The molecule has 3 N–H and O–H groups in total. The van der Waals surface area contributed by atoms with Crippen LogP contribution in [0.25, 0.3) is 0 Å². The molecule has 0 saturated carbocycles. The molecule has 0 fully saturated rings. The molecule has 3 atom stereocenters. The third-order valence-electron chi connectivity index (χ3n) is 2.80. The number of nitrogens with two attached hydrogens (primary N) is 1. The number of carbonyl (C=O) groups is 1. The third-order valence-corrected chi connectivity index (χ3v) is 2.80. The molecule has 0 bridgehead atoms. The van der Waals surface area contributed by atoms with Crippen LogP contribution in [-0.4, -0.2) is 18.0 Å². The first kappa shape index (κ1) is 13.4. The SMILES string of the molecule is CCC[C@@H](N)C(=O)NC(C)C(C)CC. The van der Waals surface area contributed by atoms with Crippen molar-refractivity contribution in [1.29, 1.82) is 0 Å². The van der Waals surface area contributed by atoms with Crippen molar-refractivity contribution in [2.45, 2.75) is 59.0 Å². The van der Waals surface area contributed by atoms with Crippen LogP contribution >= 0.6 is 0 Å². The number of hydrogen-bond acceptors (Lipinski definition) is 2. The van der Waals surface area contributed by atoms with E-state index in [1.807, 2.05) is 13.8 Å². The number of amides is 1. The van der Waals surface area contributed by atoms with Gasteiger partial charge in [0.2, 0.25) is 5.91 Å². The predicted molar refractivity (Wildman–Crippen MR) is 59.9 cm³/mol. The van der Waals surface area contributed by atoms with Crippen LogP contribution in [0.4, 0.5) is 0 Å². The monoisotopic (exact) mass is 200 g/mol. The summed E-state index contributed by atoms with van der Waals surface area (Å²) in [5, 5.41) is 2.95. The molecule has 0 aliphatic rings. The molecule has 0 aliphatic heterocycles. The second kappa shape index (κ2) is 6.82. The highest BCUT2D eigenvalue weighted by atomic mass is 16.2. The van der Waals surface area contributed by atoms with Gasteiger partial charge in [-0.25, -0.2) is 0 Å². The summed E-state index contributed by atoms with van der Waals surface area (Å²) in [7, 11) is 0. The summed E-state index contributed by atoms with van der Waals surface area (Å²) < 4.78 is 0. The van der Waals surface area contributed by atoms with Gasteiger partial charge in [-0.2, -0.15) is 0 Å². The minimum atomic E-state index is -0.341. The Morgan fingerprint density at radius 2 is 1.93 bits per heavy atom. The Hall–Kier alpha value is -0.570. The van der Waals surface area contributed by atoms with Gasteiger partial charge in [0, 0.05) is 6.04 Å². The summed E-state index contributed by atoms with van der Waals surface area (Å²) in [4.78, 5) is 11.5. The summed E-state index contributed by atoms with van der Waals surface area (Å²) in [6, 6.07) is -0.123. The van der Waals surface area contributed by atoms with Gasteiger partial charge in [0.25, 0.3) is 0 Å². The lowest BCUT2D eigenvalue weighted by molar-refractivity contribution is -0.123. The van der Waals surface area contributed by atoms with E-state index >= 15 is 0 Å². The molecule has 14 heavy (non-hydrogen) atoms. The van der Waals surface area contributed by atoms with E-state index in [0.717, 1.165) is 19.3 Å². The molecule has 0 spiro atoms. The van der Waals surface area contributed by atoms with Crippen LogP contribution in [0.1, 0.15) is 47.0 Å². The molecule has 0 saturated heterocycles. The molecule has 0 rings (SSSR count). The number of rotatable bonds is 6. The van der Waals surface area contributed by atoms with Crippen LogP contribution in [0.15, 0.2) is 0 Å². The topological polar surface area (TPSA) is 55.1 Å². The average Bonchev–Trinajstić information content (AvgIpc) is 2.16. The first-order valence-corrected chi connectivity index (χ1v) is 5.58. The normalized spacial score (nSPS) is 17.2. The van der Waals surface area contributed by atoms with Gasteiger partial charge in [0.1, 0.15) is 0 Å². The Bertz CT molecular complexity index is 171. The van der Waals surface area contributed by atoms with E-state index in [-0.39, 0.29) is 18.0 Å². The molecule has 84 valence electrons. The van der Waals surface area contributed by atoms with Crippen LogP contribution in [-0.2, 0) is 4.79 Å². The van der Waals surface area contributed by atoms with Crippen molar-refractivity contribution in [3.05, 3.63) is 0 Å². The average molecular weight is 200 g/mol. The number of carbonyl (C=O) groups excluding carboxylic acids is 1. The minimum absolute atomic E-state index is 0.0142. The van der Waals surface area contributed by atoms with Crippen molar-refractivity contribution >= 4 is 5.91 Å². The molecule has 0 aliphatic carbocycles. The van der Waals surface area contributed by atoms with Gasteiger partial charge in [0.15, 0.2) is 0 Å². The van der Waals surface area contributed by atoms with Crippen molar-refractivity contribution in [2.24, 2.45) is 11.7 Å². The van der Waals surface area contributed by atoms with E-state index < -0.39 is 0 Å². The van der Waals surface area contributed by atoms with Gasteiger partial charge < -0.3 is 11.1 Å². The summed E-state index contributed by atoms with van der Waals surface area (Å²) in [6.45, 7) is 8.32. The second-order valence-corrected chi connectivity index (χ2v) is 4.08. The molecule has 3 nitrogen and oxygen atoms in total. The fraction of sp³-hybridized carbons (Fsp3) is 0.909. The van der Waals surface area contributed by atoms with Gasteiger partial charge >= 0.3 is 0 Å². The third kappa shape index (κ3) is 4.61. The van der Waals surface area contributed by atoms with Crippen LogP contribution in [0.3, 0.4) is 0 Å². The van der Waals surface area contributed by atoms with E-state index in [4.69, 9.17) is 5.73 Å². The van der Waals surface area contributed by atoms with Crippen molar-refractivity contribution in [3.8, 4) is 0 Å². The minimum Gasteiger partial charge on any atom is -0.352 e. The van der Waals surface area contributed by atoms with Crippen LogP contribution in [0.2, 0.25) is 0 Å². The van der Waals surface area contributed by atoms with Crippen molar-refractivity contribution in [2.75, 3.05) is 0 Å². The lowest BCUT2D eigenvalue weighted by Gasteiger charge is -2.21. The maximum atomic E-state index is 11.5.